The first kappa shape index (κ1) is 61.2. The van der Waals surface area contributed by atoms with Gasteiger partial charge in [-0.15, -0.1) is 0 Å². The van der Waals surface area contributed by atoms with Gasteiger partial charge in [-0.2, -0.15) is 15.3 Å². The lowest BCUT2D eigenvalue weighted by Gasteiger charge is -2.27. The zero-order valence-electron chi connectivity index (χ0n) is 44.9. The third kappa shape index (κ3) is 12.4. The number of carbonyl (C=O) groups is 3. The minimum atomic E-state index is -0.762. The van der Waals surface area contributed by atoms with E-state index >= 15 is 0 Å². The molecule has 17 nitrogen and oxygen atoms in total. The molecule has 0 spiro atoms. The van der Waals surface area contributed by atoms with Crippen molar-refractivity contribution >= 4 is 92.8 Å². The maximum atomic E-state index is 14.6. The van der Waals surface area contributed by atoms with Gasteiger partial charge in [-0.25, -0.2) is 35.7 Å². The molecular formula is C58H45Cl5F6N12O5. The second-order valence-electron chi connectivity index (χ2n) is 19.6. The largest absolute Gasteiger partial charge is 0.392 e. The van der Waals surface area contributed by atoms with Gasteiger partial charge in [0.25, 0.3) is 17.7 Å². The van der Waals surface area contributed by atoms with Crippen molar-refractivity contribution in [2.45, 2.75) is 65.5 Å². The number of hydrogen-bond acceptors (Lipinski definition) is 11. The van der Waals surface area contributed by atoms with Crippen LogP contribution in [0.15, 0.2) is 97.6 Å². The lowest BCUT2D eigenvalue weighted by Crippen LogP contribution is -2.38. The lowest BCUT2D eigenvalue weighted by molar-refractivity contribution is 0.0966. The molecule has 6 aromatic heterocycles. The molecule has 12 rings (SSSR count). The highest BCUT2D eigenvalue weighted by molar-refractivity contribution is 6.33. The number of benzene rings is 3. The summed E-state index contributed by atoms with van der Waals surface area (Å²) in [6.07, 6.45) is 7.88. The zero-order chi connectivity index (χ0) is 61.2. The van der Waals surface area contributed by atoms with Crippen LogP contribution in [0, 0.1) is 34.9 Å². The molecule has 2 N–H and O–H groups in total. The third-order valence-electron chi connectivity index (χ3n) is 14.2. The molecule has 3 amide bonds. The summed E-state index contributed by atoms with van der Waals surface area (Å²) in [6.45, 7) is 1.86. The Labute approximate surface area is 510 Å². The third-order valence-corrected chi connectivity index (χ3v) is 15.9. The Morgan fingerprint density at radius 3 is 1.26 bits per heavy atom. The average Bonchev–Trinajstić information content (AvgIpc) is 1.72. The number of halogens is 11. The number of aryl methyl sites for hydroxylation is 1. The van der Waals surface area contributed by atoms with Crippen LogP contribution in [0.5, 0.6) is 0 Å². The maximum Gasteiger partial charge on any atom is 0.279 e. The first-order chi connectivity index (χ1) is 41.3. The molecule has 0 atom stereocenters. The van der Waals surface area contributed by atoms with Gasteiger partial charge >= 0.3 is 0 Å². The van der Waals surface area contributed by atoms with E-state index in [1.54, 1.807) is 18.3 Å². The average molecular weight is 1280 g/mol. The zero-order valence-corrected chi connectivity index (χ0v) is 48.6. The van der Waals surface area contributed by atoms with Crippen LogP contribution < -0.4 is 14.7 Å². The van der Waals surface area contributed by atoms with Crippen LogP contribution in [0.2, 0.25) is 25.4 Å². The van der Waals surface area contributed by atoms with Gasteiger partial charge in [-0.05, 0) is 115 Å². The van der Waals surface area contributed by atoms with Crippen LogP contribution >= 0.6 is 58.0 Å². The van der Waals surface area contributed by atoms with Crippen molar-refractivity contribution in [1.82, 2.24) is 44.3 Å². The summed E-state index contributed by atoms with van der Waals surface area (Å²) in [5, 5.41) is 31.5. The van der Waals surface area contributed by atoms with Crippen molar-refractivity contribution in [3.05, 3.63) is 225 Å². The summed E-state index contributed by atoms with van der Waals surface area (Å²) in [5.74, 6) is -5.11. The van der Waals surface area contributed by atoms with Crippen LogP contribution in [0.1, 0.15) is 88.9 Å². The van der Waals surface area contributed by atoms with E-state index in [4.69, 9.17) is 58.0 Å². The predicted octanol–water partition coefficient (Wildman–Crippen LogP) is 11.2. The Hall–Kier alpha value is -7.90. The lowest BCUT2D eigenvalue weighted by atomic mass is 10.0. The second kappa shape index (κ2) is 26.0. The monoisotopic (exact) mass is 1280 g/mol. The van der Waals surface area contributed by atoms with Gasteiger partial charge in [0.2, 0.25) is 0 Å². The molecule has 0 radical (unpaired) electrons. The number of rotatable bonds is 12. The number of amides is 3. The van der Waals surface area contributed by atoms with E-state index in [-0.39, 0.29) is 129 Å². The summed E-state index contributed by atoms with van der Waals surface area (Å²) < 4.78 is 89.4. The van der Waals surface area contributed by atoms with E-state index < -0.39 is 52.6 Å². The van der Waals surface area contributed by atoms with Gasteiger partial charge in [0.05, 0.1) is 82.1 Å². The molecule has 3 aromatic carbocycles. The van der Waals surface area contributed by atoms with E-state index in [1.165, 1.54) is 108 Å². The fourth-order valence-electron chi connectivity index (χ4n) is 9.82. The molecule has 9 aromatic rings. The first-order valence-corrected chi connectivity index (χ1v) is 28.1. The van der Waals surface area contributed by atoms with E-state index in [0.717, 1.165) is 5.56 Å². The highest BCUT2D eigenvalue weighted by Crippen LogP contribution is 2.37. The van der Waals surface area contributed by atoms with Crippen LogP contribution in [0.4, 0.5) is 43.4 Å². The highest BCUT2D eigenvalue weighted by atomic mass is 35.5. The molecule has 9 heterocycles. The highest BCUT2D eigenvalue weighted by Gasteiger charge is 2.36. The van der Waals surface area contributed by atoms with Gasteiger partial charge in [0.15, 0.2) is 34.5 Å². The standard InChI is InChI=1S/C20H16Cl2F2N4O.C19H14Cl2F2N4O2.C19H15ClF2N4O2/c1-2-11-8-13(21)17(24)16(9-11)27-7-5-12-18(20(27)29)26-28(19(12)22)10-15-14(23)4-3-6-25-15;20-12-6-10(9-28)7-15(16(12)23)26-5-3-11-17(19(26)29)25-27(18(11)21)8-14-13(22)2-1-4-24-14;20-13-6-11(10-27)7-16(17(13)22)26-5-3-12-8-25(24-18(12)19(26)28)9-15-14(21)2-1-4-23-15/h3-4,6,8-9H,2,5,7,10H2,1H3;1-2,4,6-7,28H,3,5,8-9H2;1-2,4,6-8,27H,3,5,9-10H2. The van der Waals surface area contributed by atoms with E-state index in [0.29, 0.717) is 53.5 Å². The number of hydrogen-bond donors (Lipinski definition) is 2. The smallest absolute Gasteiger partial charge is 0.279 e. The van der Waals surface area contributed by atoms with Crippen molar-refractivity contribution in [1.29, 1.82) is 0 Å². The molecule has 28 heteroatoms. The van der Waals surface area contributed by atoms with Crippen molar-refractivity contribution in [2.24, 2.45) is 0 Å². The number of nitrogens with zero attached hydrogens (tertiary/aromatic N) is 12. The number of fused-ring (bicyclic) bond motifs is 3. The SMILES string of the molecule is CCc1cc(Cl)c(F)c(N2CCc3c(nn(Cc4ncccc4F)c3Cl)C2=O)c1.O=C1c2nn(Cc3ncccc3F)c(Cl)c2CCN1c1cc(CO)cc(Cl)c1F.O=C1c2nn(Cc3ncccc3F)cc2CCN1c1cc(CO)cc(Cl)c1F. The van der Waals surface area contributed by atoms with Crippen molar-refractivity contribution in [3.63, 3.8) is 0 Å². The van der Waals surface area contributed by atoms with Gasteiger partial charge in [-0.1, -0.05) is 64.9 Å². The first-order valence-electron chi connectivity index (χ1n) is 26.2. The minimum absolute atomic E-state index is 0.00230. The fourth-order valence-corrected chi connectivity index (χ4v) is 11.1. The molecule has 0 bridgehead atoms. The van der Waals surface area contributed by atoms with Crippen LogP contribution in [-0.4, -0.2) is 91.9 Å². The molecule has 444 valence electrons. The number of aliphatic hydroxyl groups is 2. The summed E-state index contributed by atoms with van der Waals surface area (Å²) in [7, 11) is 0. The number of aliphatic hydroxyl groups excluding tert-OH is 2. The summed E-state index contributed by atoms with van der Waals surface area (Å²) in [6, 6.07) is 16.9. The molecule has 0 saturated carbocycles. The van der Waals surface area contributed by atoms with Crippen LogP contribution in [0.3, 0.4) is 0 Å². The Kier molecular flexibility index (Phi) is 18.5. The number of carbonyl (C=O) groups excluding carboxylic acids is 3. The van der Waals surface area contributed by atoms with Gasteiger partial charge in [-0.3, -0.25) is 34.0 Å². The van der Waals surface area contributed by atoms with Crippen LogP contribution in [0.25, 0.3) is 0 Å². The fraction of sp³-hybridized carbons (Fsp3) is 0.224. The Balaban J connectivity index is 0.000000143. The van der Waals surface area contributed by atoms with Gasteiger partial charge in [0, 0.05) is 61.1 Å². The molecule has 3 aliphatic rings. The maximum absolute atomic E-state index is 14.6. The number of pyridine rings is 3. The van der Waals surface area contributed by atoms with E-state index in [2.05, 4.69) is 30.2 Å². The van der Waals surface area contributed by atoms with E-state index in [1.807, 2.05) is 6.92 Å². The predicted molar refractivity (Wildman–Crippen MR) is 308 cm³/mol. The summed E-state index contributed by atoms with van der Waals surface area (Å²) >= 11 is 30.5. The summed E-state index contributed by atoms with van der Waals surface area (Å²) in [4.78, 5) is 54.7. The van der Waals surface area contributed by atoms with Crippen molar-refractivity contribution < 1.29 is 50.9 Å². The van der Waals surface area contributed by atoms with Crippen molar-refractivity contribution in [2.75, 3.05) is 34.3 Å². The molecule has 0 aliphatic carbocycles. The van der Waals surface area contributed by atoms with E-state index in [9.17, 15) is 50.9 Å². The quantitative estimate of drug-likeness (QED) is 0.111. The summed E-state index contributed by atoms with van der Waals surface area (Å²) in [5.41, 5.74) is 4.28. The molecule has 0 fully saturated rings. The Morgan fingerprint density at radius 2 is 0.860 bits per heavy atom. The molecule has 3 aliphatic heterocycles. The Morgan fingerprint density at radius 1 is 0.488 bits per heavy atom. The van der Waals surface area contributed by atoms with Crippen LogP contribution in [-0.2, 0) is 58.5 Å². The minimum Gasteiger partial charge on any atom is -0.392 e. The second-order valence-corrected chi connectivity index (χ2v) is 21.5. The van der Waals surface area contributed by atoms with Gasteiger partial charge in [0.1, 0.15) is 27.8 Å². The molecule has 86 heavy (non-hydrogen) atoms. The molecule has 0 unspecified atom stereocenters. The number of anilines is 3. The molecule has 0 saturated heterocycles. The van der Waals surface area contributed by atoms with Gasteiger partial charge < -0.3 is 24.9 Å². The topological polar surface area (TPSA) is 194 Å². The Bertz CT molecular complexity index is 3960. The molecular weight excluding hydrogens is 1240 g/mol. The van der Waals surface area contributed by atoms with Crippen molar-refractivity contribution in [3.8, 4) is 0 Å². The normalized spacial score (nSPS) is 13.7. The number of aromatic nitrogens is 9.